The summed E-state index contributed by atoms with van der Waals surface area (Å²) in [7, 11) is -9.43. The van der Waals surface area contributed by atoms with Crippen LogP contribution in [0.25, 0.3) is 0 Å². The molecule has 3 aromatic carbocycles. The number of carbonyl (C=O) groups excluding carboxylic acids is 1. The van der Waals surface area contributed by atoms with E-state index in [0.717, 1.165) is 6.42 Å². The molecule has 0 radical (unpaired) electrons. The number of rotatable bonds is 6. The summed E-state index contributed by atoms with van der Waals surface area (Å²) >= 11 is 0. The summed E-state index contributed by atoms with van der Waals surface area (Å²) in [6.45, 7) is 4.23. The third-order valence-corrected chi connectivity index (χ3v) is 20.8. The number of hydrogen-bond acceptors (Lipinski definition) is 3. The van der Waals surface area contributed by atoms with Crippen molar-refractivity contribution in [1.82, 2.24) is 0 Å². The highest BCUT2D eigenvalue weighted by molar-refractivity contribution is 8.98. The summed E-state index contributed by atoms with van der Waals surface area (Å²) in [5.41, 5.74) is -1.21. The Kier molecular flexibility index (Phi) is 5.18. The summed E-state index contributed by atoms with van der Waals surface area (Å²) in [4.78, 5) is 15.5. The molecule has 5 rings (SSSR count). The van der Waals surface area contributed by atoms with Crippen molar-refractivity contribution in [1.29, 1.82) is 0 Å². The molecule has 2 saturated carbocycles. The third kappa shape index (κ3) is 2.65. The fourth-order valence-corrected chi connectivity index (χ4v) is 18.3. The Morgan fingerprint density at radius 1 is 0.824 bits per heavy atom. The van der Waals surface area contributed by atoms with Gasteiger partial charge >= 0.3 is 0 Å². The highest BCUT2D eigenvalue weighted by Gasteiger charge is 2.70. The molecule has 0 saturated heterocycles. The molecule has 2 atom stereocenters. The van der Waals surface area contributed by atoms with Crippen LogP contribution in [0.1, 0.15) is 33.1 Å². The molecule has 34 heavy (non-hydrogen) atoms. The molecule has 2 aliphatic carbocycles. The van der Waals surface area contributed by atoms with E-state index in [2.05, 4.69) is 13.8 Å². The first-order valence-corrected chi connectivity index (χ1v) is 16.3. The number of carbonyl (C=O) groups is 1. The lowest BCUT2D eigenvalue weighted by Gasteiger charge is -2.63. The van der Waals surface area contributed by atoms with Crippen LogP contribution in [0.2, 0.25) is 0 Å². The van der Waals surface area contributed by atoms with Crippen molar-refractivity contribution >= 4 is 23.1 Å². The molecule has 4 nitrogen and oxygen atoms in total. The van der Waals surface area contributed by atoms with Gasteiger partial charge in [0.1, 0.15) is 5.78 Å². The first-order valence-electron chi connectivity index (χ1n) is 11.8. The van der Waals surface area contributed by atoms with Crippen molar-refractivity contribution in [3.63, 3.8) is 0 Å². The van der Waals surface area contributed by atoms with E-state index in [1.54, 1.807) is 0 Å². The van der Waals surface area contributed by atoms with Crippen molar-refractivity contribution in [2.75, 3.05) is 5.75 Å². The minimum Gasteiger partial charge on any atom is -0.299 e. The predicted molar refractivity (Wildman–Crippen MR) is 138 cm³/mol. The van der Waals surface area contributed by atoms with Gasteiger partial charge in [0.15, 0.2) is 0 Å². The molecule has 2 fully saturated rings. The van der Waals surface area contributed by atoms with Crippen LogP contribution in [0.5, 0.6) is 0 Å². The molecule has 0 spiro atoms. The Bertz CT molecular complexity index is 1240. The van der Waals surface area contributed by atoms with Gasteiger partial charge in [-0.2, -0.15) is 8.42 Å². The Morgan fingerprint density at radius 2 is 1.24 bits per heavy atom. The van der Waals surface area contributed by atoms with Gasteiger partial charge in [-0.15, -0.1) is 8.19 Å². The Labute approximate surface area is 201 Å². The zero-order chi connectivity index (χ0) is 24.3. The molecule has 0 amide bonds. The van der Waals surface area contributed by atoms with Crippen molar-refractivity contribution < 1.29 is 17.8 Å². The highest BCUT2D eigenvalue weighted by atomic mass is 33.2. The standard InChI is InChI=1S/C28H32O4S2/c1-27(2)22-18-19-28(27,26(29)20-22)21-34(33(30,31)32,23-12-6-3-7-13-23,24-14-8-4-9-15-24)25-16-10-5-11-17-25/h3-17,22,34H,18-21H2,1-2H3,(H,30,31,32). The topological polar surface area (TPSA) is 71.4 Å². The molecular weight excluding hydrogens is 464 g/mol. The van der Waals surface area contributed by atoms with Gasteiger partial charge < -0.3 is 0 Å². The first kappa shape index (κ1) is 23.3. The number of hydrogen-bond donors (Lipinski definition) is 2. The molecule has 2 unspecified atom stereocenters. The van der Waals surface area contributed by atoms with E-state index < -0.39 is 22.8 Å². The number of fused-ring (bicyclic) bond motifs is 2. The summed E-state index contributed by atoms with van der Waals surface area (Å²) in [5.74, 6) is 0.442. The van der Waals surface area contributed by atoms with Gasteiger partial charge in [0.05, 0.1) is 0 Å². The van der Waals surface area contributed by atoms with E-state index in [9.17, 15) is 17.8 Å². The van der Waals surface area contributed by atoms with Crippen LogP contribution in [0.4, 0.5) is 0 Å². The van der Waals surface area contributed by atoms with Crippen LogP contribution < -0.4 is 0 Å². The zero-order valence-corrected chi connectivity index (χ0v) is 21.3. The summed E-state index contributed by atoms with van der Waals surface area (Å²) in [6.07, 6.45) is 2.02. The van der Waals surface area contributed by atoms with Gasteiger partial charge in [-0.1, -0.05) is 105 Å². The van der Waals surface area contributed by atoms with Gasteiger partial charge in [-0.05, 0) is 38.9 Å². The van der Waals surface area contributed by atoms with E-state index in [4.69, 9.17) is 0 Å². The van der Waals surface area contributed by atoms with Crippen LogP contribution >= 0.6 is 8.19 Å². The Hall–Kier alpha value is -2.41. The fourth-order valence-electron chi connectivity index (χ4n) is 7.09. The van der Waals surface area contributed by atoms with Crippen LogP contribution in [0.15, 0.2) is 106 Å². The van der Waals surface area contributed by atoms with Gasteiger partial charge in [0.2, 0.25) is 0 Å². The zero-order valence-electron chi connectivity index (χ0n) is 19.6. The number of Topliss-reactive ketones (excluding diaryl/α,β-unsaturated/α-hetero) is 1. The number of ketones is 1. The lowest BCUT2D eigenvalue weighted by atomic mass is 9.70. The number of benzene rings is 3. The van der Waals surface area contributed by atoms with Gasteiger partial charge in [0.25, 0.3) is 9.15 Å². The van der Waals surface area contributed by atoms with Gasteiger partial charge in [-0.3, -0.25) is 9.35 Å². The average Bonchev–Trinajstić information content (AvgIpc) is 3.18. The van der Waals surface area contributed by atoms with Crippen LogP contribution in [-0.4, -0.2) is 24.5 Å². The predicted octanol–water partition coefficient (Wildman–Crippen LogP) is 6.43. The van der Waals surface area contributed by atoms with E-state index in [0.29, 0.717) is 27.5 Å². The largest absolute Gasteiger partial charge is 0.299 e. The van der Waals surface area contributed by atoms with E-state index in [1.165, 1.54) is 0 Å². The fraction of sp³-hybridized carbons (Fsp3) is 0.321. The smallest absolute Gasteiger partial charge is 0.297 e. The van der Waals surface area contributed by atoms with Crippen molar-refractivity contribution in [2.45, 2.75) is 47.8 Å². The van der Waals surface area contributed by atoms with Crippen molar-refractivity contribution in [3.8, 4) is 0 Å². The third-order valence-electron chi connectivity index (χ3n) is 9.13. The maximum absolute atomic E-state index is 14.3. The maximum Gasteiger partial charge on any atom is 0.297 e. The maximum atomic E-state index is 14.3. The molecule has 2 bridgehead atoms. The second-order valence-electron chi connectivity index (χ2n) is 10.5. The molecule has 0 aliphatic heterocycles. The molecule has 6 heteroatoms. The highest BCUT2D eigenvalue weighted by Crippen LogP contribution is 2.91. The van der Waals surface area contributed by atoms with Crippen LogP contribution in [0.3, 0.4) is 0 Å². The molecule has 3 aromatic rings. The van der Waals surface area contributed by atoms with Gasteiger partial charge in [0, 0.05) is 17.6 Å². The lowest BCUT2D eigenvalue weighted by molar-refractivity contribution is -0.127. The Balaban J connectivity index is 2.02. The van der Waals surface area contributed by atoms with Crippen molar-refractivity contribution in [3.05, 3.63) is 91.0 Å². The van der Waals surface area contributed by atoms with Crippen LogP contribution in [-0.2, 0) is 13.9 Å². The van der Waals surface area contributed by atoms with Crippen molar-refractivity contribution in [2.24, 2.45) is 16.7 Å². The summed E-state index contributed by atoms with van der Waals surface area (Å²) < 4.78 is 40.1. The Morgan fingerprint density at radius 3 is 1.53 bits per heavy atom. The summed E-state index contributed by atoms with van der Waals surface area (Å²) in [5, 5.41) is 0. The second-order valence-corrected chi connectivity index (χ2v) is 19.5. The molecule has 180 valence electrons. The quantitative estimate of drug-likeness (QED) is 0.234. The second kappa shape index (κ2) is 7.54. The van der Waals surface area contributed by atoms with E-state index in [1.807, 2.05) is 91.0 Å². The molecule has 0 aromatic heterocycles. The minimum atomic E-state index is -4.76. The molecule has 2 aliphatic rings. The monoisotopic (exact) mass is 496 g/mol. The molecular formula is C28H32O4S2. The first-order chi connectivity index (χ1) is 16.1. The SMILES string of the molecule is CC1(C)C2CCC1(C[SH](c1ccccc1)(c1ccccc1)(c1ccccc1)S(=O)(=O)O)C(=O)C2. The lowest BCUT2D eigenvalue weighted by Crippen LogP contribution is -2.47. The van der Waals surface area contributed by atoms with Gasteiger partial charge in [-0.25, -0.2) is 0 Å². The van der Waals surface area contributed by atoms with E-state index in [-0.39, 0.29) is 22.9 Å². The summed E-state index contributed by atoms with van der Waals surface area (Å²) in [6, 6.07) is 27.4. The van der Waals surface area contributed by atoms with Crippen LogP contribution in [0, 0.1) is 16.7 Å². The van der Waals surface area contributed by atoms with E-state index >= 15 is 0 Å². The number of thiol groups is 1. The average molecular weight is 497 g/mol. The normalized spacial score (nSPS) is 25.1. The molecule has 0 heterocycles. The minimum absolute atomic E-state index is 0.0812. The molecule has 1 N–H and O–H groups in total.